The van der Waals surface area contributed by atoms with Crippen LogP contribution in [0, 0.1) is 0 Å². The minimum atomic E-state index is 0.772. The van der Waals surface area contributed by atoms with Crippen molar-refractivity contribution in [1.29, 1.82) is 0 Å². The quantitative estimate of drug-likeness (QED) is 0.122. The van der Waals surface area contributed by atoms with Crippen LogP contribution in [0.4, 0.5) is 0 Å². The lowest BCUT2D eigenvalue weighted by Gasteiger charge is -2.17. The summed E-state index contributed by atoms with van der Waals surface area (Å²) in [4.78, 5) is 26.6. The monoisotopic (exact) mass is 770 g/mol. The molecule has 9 rings (SSSR count). The van der Waals surface area contributed by atoms with Crippen LogP contribution in [0.1, 0.15) is 5.56 Å². The van der Waals surface area contributed by atoms with Gasteiger partial charge in [0.25, 0.3) is 0 Å². The second-order valence-electron chi connectivity index (χ2n) is 14.4. The molecular weight excluding hydrogens is 733 g/mol. The maximum Gasteiger partial charge on any atom is 0.0346 e. The molecule has 0 saturated heterocycles. The molecule has 0 saturated carbocycles. The number of aromatic nitrogens is 5. The zero-order valence-electron chi connectivity index (χ0n) is 32.7. The van der Waals surface area contributed by atoms with Crippen LogP contribution >= 0.6 is 0 Å². The summed E-state index contributed by atoms with van der Waals surface area (Å²) >= 11 is 0. The van der Waals surface area contributed by atoms with E-state index in [1.165, 1.54) is 6.20 Å². The van der Waals surface area contributed by atoms with E-state index in [0.717, 1.165) is 100 Å². The molecule has 0 radical (unpaired) electrons. The molecular formula is C54H38N6. The topological polar surface area (TPSA) is 76.8 Å². The number of pyridine rings is 5. The van der Waals surface area contributed by atoms with Crippen molar-refractivity contribution in [3.05, 3.63) is 220 Å². The minimum absolute atomic E-state index is 0.772. The molecule has 0 unspecified atom stereocenters. The van der Waals surface area contributed by atoms with Gasteiger partial charge in [0.2, 0.25) is 0 Å². The predicted octanol–water partition coefficient (Wildman–Crippen LogP) is 13.2. The Labute approximate surface area is 349 Å². The van der Waals surface area contributed by atoms with Crippen LogP contribution in [0.5, 0.6) is 0 Å². The molecule has 0 spiro atoms. The van der Waals surface area contributed by atoms with Crippen LogP contribution in [0.3, 0.4) is 0 Å². The first-order valence-corrected chi connectivity index (χ1v) is 19.5. The van der Waals surface area contributed by atoms with Crippen LogP contribution < -0.4 is 0 Å². The molecule has 0 N–H and O–H groups in total. The summed E-state index contributed by atoms with van der Waals surface area (Å²) in [6.07, 6.45) is 21.8. The van der Waals surface area contributed by atoms with Crippen molar-refractivity contribution in [2.24, 2.45) is 4.99 Å². The third kappa shape index (κ3) is 8.26. The number of nitrogens with zero attached hydrogens (tertiary/aromatic N) is 6. The molecule has 0 aliphatic carbocycles. The Morgan fingerprint density at radius 1 is 0.350 bits per heavy atom. The van der Waals surface area contributed by atoms with E-state index in [4.69, 9.17) is 0 Å². The number of rotatable bonds is 11. The van der Waals surface area contributed by atoms with Crippen molar-refractivity contribution >= 4 is 11.8 Å². The van der Waals surface area contributed by atoms with Gasteiger partial charge in [0.15, 0.2) is 0 Å². The highest BCUT2D eigenvalue weighted by Crippen LogP contribution is 2.40. The van der Waals surface area contributed by atoms with Gasteiger partial charge in [-0.1, -0.05) is 43.5 Å². The summed E-state index contributed by atoms with van der Waals surface area (Å²) in [5, 5.41) is 0. The molecule has 5 heterocycles. The standard InChI is InChI=1S/C54H38N6/c1-3-55-31-37(2)43-19-44(38-9-4-14-56-32-38)23-49(20-43)52-28-53(50-24-45(39-10-5-15-57-33-39)21-46(25-50)40-11-6-16-58-34-40)30-54(29-52)51-26-47(41-12-7-17-59-35-41)22-48(27-51)42-13-8-18-60-36-42/h3-36H,1-2H2/b55-31-. The van der Waals surface area contributed by atoms with Crippen LogP contribution in [-0.2, 0) is 0 Å². The molecule has 0 fully saturated rings. The highest BCUT2D eigenvalue weighted by Gasteiger charge is 2.15. The Balaban J connectivity index is 1.32. The second kappa shape index (κ2) is 17.1. The Morgan fingerprint density at radius 3 is 0.817 bits per heavy atom. The van der Waals surface area contributed by atoms with E-state index in [9.17, 15) is 0 Å². The third-order valence-corrected chi connectivity index (χ3v) is 10.4. The number of hydrogen-bond acceptors (Lipinski definition) is 6. The summed E-state index contributed by atoms with van der Waals surface area (Å²) in [7, 11) is 0. The molecule has 6 heteroatoms. The van der Waals surface area contributed by atoms with Gasteiger partial charge in [0, 0.05) is 102 Å². The van der Waals surface area contributed by atoms with E-state index in [1.54, 1.807) is 37.2 Å². The van der Waals surface area contributed by atoms with E-state index in [-0.39, 0.29) is 0 Å². The van der Waals surface area contributed by atoms with Crippen molar-refractivity contribution in [3.8, 4) is 89.0 Å². The minimum Gasteiger partial charge on any atom is -0.265 e. The predicted molar refractivity (Wildman–Crippen MR) is 247 cm³/mol. The number of aliphatic imine (C=N–C) groups is 1. The Bertz CT molecular complexity index is 2720. The fourth-order valence-electron chi connectivity index (χ4n) is 7.41. The van der Waals surface area contributed by atoms with Gasteiger partial charge < -0.3 is 0 Å². The summed E-state index contributed by atoms with van der Waals surface area (Å²) in [6.45, 7) is 8.16. The molecule has 0 bridgehead atoms. The molecule has 284 valence electrons. The molecule has 6 nitrogen and oxygen atoms in total. The van der Waals surface area contributed by atoms with Gasteiger partial charge in [0.1, 0.15) is 0 Å². The summed E-state index contributed by atoms with van der Waals surface area (Å²) in [6, 6.07) is 47.1. The van der Waals surface area contributed by atoms with E-state index in [2.05, 4.69) is 146 Å². The van der Waals surface area contributed by atoms with Gasteiger partial charge in [-0.15, -0.1) is 0 Å². The van der Waals surface area contributed by atoms with Gasteiger partial charge >= 0.3 is 0 Å². The molecule has 0 aliphatic heterocycles. The lowest BCUT2D eigenvalue weighted by Crippen LogP contribution is -1.93. The molecule has 0 amide bonds. The second-order valence-corrected chi connectivity index (χ2v) is 14.4. The summed E-state index contributed by atoms with van der Waals surface area (Å²) in [5.41, 5.74) is 18.3. The van der Waals surface area contributed by atoms with E-state index in [1.807, 2.05) is 61.3 Å². The summed E-state index contributed by atoms with van der Waals surface area (Å²) < 4.78 is 0. The SMILES string of the molecule is C=C/N=C\C(=C)c1cc(-c2cccnc2)cc(-c2cc(-c3cc(-c4cccnc4)cc(-c4cccnc4)c3)cc(-c3cc(-c4cccnc4)cc(-c4cccnc4)c3)c2)c1. The van der Waals surface area contributed by atoms with Crippen molar-refractivity contribution < 1.29 is 0 Å². The molecule has 0 aliphatic rings. The van der Waals surface area contributed by atoms with Crippen molar-refractivity contribution in [1.82, 2.24) is 24.9 Å². The molecule has 4 aromatic carbocycles. The zero-order valence-corrected chi connectivity index (χ0v) is 32.7. The number of allylic oxidation sites excluding steroid dienone is 1. The normalized spacial score (nSPS) is 11.1. The molecule has 0 atom stereocenters. The lowest BCUT2D eigenvalue weighted by atomic mass is 9.87. The van der Waals surface area contributed by atoms with Crippen LogP contribution in [0.25, 0.3) is 94.6 Å². The van der Waals surface area contributed by atoms with Crippen LogP contribution in [0.15, 0.2) is 220 Å². The smallest absolute Gasteiger partial charge is 0.0346 e. The maximum absolute atomic E-state index is 4.47. The molecule has 5 aromatic heterocycles. The van der Waals surface area contributed by atoms with Gasteiger partial charge in [-0.3, -0.25) is 29.9 Å². The average molecular weight is 771 g/mol. The van der Waals surface area contributed by atoms with Crippen LogP contribution in [-0.4, -0.2) is 31.1 Å². The van der Waals surface area contributed by atoms with Gasteiger partial charge in [0.05, 0.1) is 0 Å². The van der Waals surface area contributed by atoms with Gasteiger partial charge in [-0.05, 0) is 175 Å². The summed E-state index contributed by atoms with van der Waals surface area (Å²) in [5.74, 6) is 0. The van der Waals surface area contributed by atoms with Crippen molar-refractivity contribution in [3.63, 3.8) is 0 Å². The van der Waals surface area contributed by atoms with Gasteiger partial charge in [-0.2, -0.15) is 0 Å². The lowest BCUT2D eigenvalue weighted by molar-refractivity contribution is 1.32. The largest absolute Gasteiger partial charge is 0.265 e. The fourth-order valence-corrected chi connectivity index (χ4v) is 7.41. The number of benzene rings is 4. The highest BCUT2D eigenvalue weighted by atomic mass is 14.7. The number of hydrogen-bond donors (Lipinski definition) is 0. The first-order chi connectivity index (χ1) is 29.6. The zero-order chi connectivity index (χ0) is 40.7. The van der Waals surface area contributed by atoms with E-state index in [0.29, 0.717) is 0 Å². The van der Waals surface area contributed by atoms with Crippen molar-refractivity contribution in [2.75, 3.05) is 0 Å². The Kier molecular flexibility index (Phi) is 10.6. The average Bonchev–Trinajstić information content (AvgIpc) is 3.34. The third-order valence-electron chi connectivity index (χ3n) is 10.4. The van der Waals surface area contributed by atoms with Crippen molar-refractivity contribution in [2.45, 2.75) is 0 Å². The van der Waals surface area contributed by atoms with Gasteiger partial charge in [-0.25, -0.2) is 0 Å². The first kappa shape index (κ1) is 37.4. The van der Waals surface area contributed by atoms with E-state index < -0.39 is 0 Å². The molecule has 9 aromatic rings. The maximum atomic E-state index is 4.47. The van der Waals surface area contributed by atoms with E-state index >= 15 is 0 Å². The highest BCUT2D eigenvalue weighted by molar-refractivity contribution is 6.10. The fraction of sp³-hybridized carbons (Fsp3) is 0. The Morgan fingerprint density at radius 2 is 0.583 bits per heavy atom. The Hall–Kier alpha value is -8.22. The van der Waals surface area contributed by atoms with Crippen LogP contribution in [0.2, 0.25) is 0 Å². The first-order valence-electron chi connectivity index (χ1n) is 19.5. The molecule has 60 heavy (non-hydrogen) atoms.